The van der Waals surface area contributed by atoms with Crippen molar-refractivity contribution in [1.29, 1.82) is 0 Å². The molecule has 0 saturated heterocycles. The monoisotopic (exact) mass is 638 g/mol. The van der Waals surface area contributed by atoms with Crippen molar-refractivity contribution >= 4 is 35.3 Å². The lowest BCUT2D eigenvalue weighted by molar-refractivity contribution is -0.150. The van der Waals surface area contributed by atoms with Crippen molar-refractivity contribution in [2.75, 3.05) is 19.5 Å². The number of methoxy groups -OCH3 is 1. The molecule has 0 aliphatic heterocycles. The van der Waals surface area contributed by atoms with Crippen molar-refractivity contribution in [1.82, 2.24) is 0 Å². The molecule has 3 atom stereocenters. The highest BCUT2D eigenvalue weighted by molar-refractivity contribution is 8.03. The molecule has 7 nitrogen and oxygen atoms in total. The average molecular weight is 639 g/mol. The second kappa shape index (κ2) is 20.1. The zero-order valence-electron chi connectivity index (χ0n) is 26.3. The van der Waals surface area contributed by atoms with E-state index in [4.69, 9.17) is 25.8 Å². The van der Waals surface area contributed by atoms with Gasteiger partial charge in [0.05, 0.1) is 31.3 Å². The van der Waals surface area contributed by atoms with E-state index >= 15 is 0 Å². The largest absolute Gasteiger partial charge is 0.494 e. The third-order valence-electron chi connectivity index (χ3n) is 7.59. The Labute approximate surface area is 267 Å². The molecule has 1 aliphatic rings. The van der Waals surface area contributed by atoms with Gasteiger partial charge in [-0.15, -0.1) is 11.8 Å². The Hall–Kier alpha value is -2.00. The predicted octanol–water partition coefficient (Wildman–Crippen LogP) is 8.01. The van der Waals surface area contributed by atoms with Gasteiger partial charge < -0.3 is 24.4 Å². The van der Waals surface area contributed by atoms with Gasteiger partial charge in [0.25, 0.3) is 0 Å². The highest BCUT2D eigenvalue weighted by Crippen LogP contribution is 2.42. The summed E-state index contributed by atoms with van der Waals surface area (Å²) in [5, 5.41) is 22.1. The zero-order chi connectivity index (χ0) is 31.7. The summed E-state index contributed by atoms with van der Waals surface area (Å²) in [7, 11) is 1.39. The SMILES string of the molecule is CCCCCC(O)/C=C/[C@@H]1C(SCCCCCC(=O)OC)=C(OC(=O)C(C)(C)CCCCOc2ccc(Cl)cc2)CC1O. The van der Waals surface area contributed by atoms with Gasteiger partial charge in [-0.3, -0.25) is 9.59 Å². The molecule has 1 aromatic rings. The van der Waals surface area contributed by atoms with E-state index in [2.05, 4.69) is 6.92 Å². The van der Waals surface area contributed by atoms with Crippen molar-refractivity contribution in [2.24, 2.45) is 11.3 Å². The molecule has 9 heteroatoms. The summed E-state index contributed by atoms with van der Waals surface area (Å²) in [5.41, 5.74) is -0.703. The van der Waals surface area contributed by atoms with Crippen molar-refractivity contribution in [2.45, 2.75) is 110 Å². The summed E-state index contributed by atoms with van der Waals surface area (Å²) in [6.45, 7) is 6.45. The van der Waals surface area contributed by atoms with E-state index in [0.717, 1.165) is 67.8 Å². The molecular weight excluding hydrogens is 588 g/mol. The topological polar surface area (TPSA) is 102 Å². The van der Waals surface area contributed by atoms with Crippen LogP contribution < -0.4 is 4.74 Å². The van der Waals surface area contributed by atoms with Gasteiger partial charge in [0.2, 0.25) is 0 Å². The van der Waals surface area contributed by atoms with Crippen molar-refractivity contribution in [3.05, 3.63) is 52.1 Å². The minimum Gasteiger partial charge on any atom is -0.494 e. The molecule has 0 spiro atoms. The lowest BCUT2D eigenvalue weighted by Crippen LogP contribution is -2.26. The maximum atomic E-state index is 13.3. The van der Waals surface area contributed by atoms with Crippen LogP contribution in [0.4, 0.5) is 0 Å². The van der Waals surface area contributed by atoms with Crippen LogP contribution >= 0.6 is 23.4 Å². The number of aliphatic hydroxyl groups excluding tert-OH is 2. The molecule has 2 rings (SSSR count). The van der Waals surface area contributed by atoms with E-state index in [1.54, 1.807) is 30.0 Å². The first-order valence-corrected chi connectivity index (χ1v) is 17.0. The summed E-state index contributed by atoms with van der Waals surface area (Å²) in [4.78, 5) is 25.6. The molecule has 1 aliphatic carbocycles. The predicted molar refractivity (Wildman–Crippen MR) is 174 cm³/mol. The smallest absolute Gasteiger partial charge is 0.316 e. The lowest BCUT2D eigenvalue weighted by Gasteiger charge is -2.23. The Morgan fingerprint density at radius 3 is 2.53 bits per heavy atom. The van der Waals surface area contributed by atoms with Gasteiger partial charge in [0.15, 0.2) is 0 Å². The van der Waals surface area contributed by atoms with Crippen LogP contribution in [0.1, 0.15) is 97.8 Å². The first kappa shape index (κ1) is 37.2. The molecule has 2 unspecified atom stereocenters. The van der Waals surface area contributed by atoms with Crippen molar-refractivity contribution in [3.8, 4) is 5.75 Å². The summed E-state index contributed by atoms with van der Waals surface area (Å²) >= 11 is 7.51. The Morgan fingerprint density at radius 2 is 1.84 bits per heavy atom. The van der Waals surface area contributed by atoms with E-state index in [1.807, 2.05) is 32.1 Å². The second-order valence-corrected chi connectivity index (χ2v) is 13.4. The van der Waals surface area contributed by atoms with E-state index < -0.39 is 17.6 Å². The van der Waals surface area contributed by atoms with Crippen LogP contribution in [0, 0.1) is 11.3 Å². The maximum Gasteiger partial charge on any atom is 0.316 e. The highest BCUT2D eigenvalue weighted by atomic mass is 35.5. The fourth-order valence-electron chi connectivity index (χ4n) is 4.78. The number of esters is 2. The highest BCUT2D eigenvalue weighted by Gasteiger charge is 2.37. The van der Waals surface area contributed by atoms with Crippen molar-refractivity contribution < 1.29 is 34.0 Å². The van der Waals surface area contributed by atoms with Crippen LogP contribution in [0.2, 0.25) is 5.02 Å². The molecule has 1 aromatic carbocycles. The third kappa shape index (κ3) is 14.1. The number of hydrogen-bond donors (Lipinski definition) is 2. The van der Waals surface area contributed by atoms with Gasteiger partial charge in [-0.25, -0.2) is 0 Å². The van der Waals surface area contributed by atoms with Crippen molar-refractivity contribution in [3.63, 3.8) is 0 Å². The summed E-state index contributed by atoms with van der Waals surface area (Å²) < 4.78 is 16.5. The number of benzene rings is 1. The molecule has 0 saturated carbocycles. The first-order valence-electron chi connectivity index (χ1n) is 15.6. The lowest BCUT2D eigenvalue weighted by atomic mass is 9.87. The molecule has 242 valence electrons. The van der Waals surface area contributed by atoms with Crippen LogP contribution in [0.3, 0.4) is 0 Å². The molecule has 0 aromatic heterocycles. The molecule has 0 heterocycles. The number of carbonyl (C=O) groups is 2. The van der Waals surface area contributed by atoms with E-state index in [1.165, 1.54) is 7.11 Å². The van der Waals surface area contributed by atoms with Crippen LogP contribution in [0.5, 0.6) is 5.75 Å². The number of rotatable bonds is 21. The zero-order valence-corrected chi connectivity index (χ0v) is 27.9. The fraction of sp³-hybridized carbons (Fsp3) is 0.647. The number of carbonyl (C=O) groups excluding carboxylic acids is 2. The van der Waals surface area contributed by atoms with Gasteiger partial charge in [0, 0.05) is 28.7 Å². The first-order chi connectivity index (χ1) is 20.6. The molecule has 0 bridgehead atoms. The molecule has 0 amide bonds. The van der Waals surface area contributed by atoms with Gasteiger partial charge in [0.1, 0.15) is 11.5 Å². The van der Waals surface area contributed by atoms with E-state index in [0.29, 0.717) is 36.7 Å². The van der Waals surface area contributed by atoms with Gasteiger partial charge in [-0.05, 0) is 82.4 Å². The van der Waals surface area contributed by atoms with Crippen LogP contribution in [0.25, 0.3) is 0 Å². The van der Waals surface area contributed by atoms with Gasteiger partial charge in [-0.1, -0.05) is 56.4 Å². The average Bonchev–Trinajstić information content (AvgIpc) is 3.27. The van der Waals surface area contributed by atoms with Gasteiger partial charge >= 0.3 is 11.9 Å². The number of unbranched alkanes of at least 4 members (excludes halogenated alkanes) is 5. The Kier molecular flexibility index (Phi) is 17.4. The number of aliphatic hydroxyl groups is 2. The fourth-order valence-corrected chi connectivity index (χ4v) is 6.19. The molecule has 43 heavy (non-hydrogen) atoms. The Bertz CT molecular complexity index is 1040. The van der Waals surface area contributed by atoms with Crippen LogP contribution in [-0.2, 0) is 19.1 Å². The van der Waals surface area contributed by atoms with Crippen LogP contribution in [-0.4, -0.2) is 53.8 Å². The number of halogens is 1. The summed E-state index contributed by atoms with van der Waals surface area (Å²) in [6, 6.07) is 7.25. The quantitative estimate of drug-likeness (QED) is 0.0793. The minimum absolute atomic E-state index is 0.206. The molecular formula is C34H51ClO7S. The molecule has 2 N–H and O–H groups in total. The third-order valence-corrected chi connectivity index (χ3v) is 9.14. The standard InChI is InChI=1S/C34H51ClO7S/c1-5-6-8-13-26(36)17-20-28-29(37)24-30(32(28)43-23-12-7-9-14-31(38)40-4)42-33(39)34(2,3)21-10-11-22-41-27-18-15-25(35)16-19-27/h15-20,26,28-29,36-37H,5-14,21-24H2,1-4H3/b20-17+/t26?,28-,29?/m0/s1. The minimum atomic E-state index is -0.725. The number of thioether (sulfide) groups is 1. The Morgan fingerprint density at radius 1 is 1.09 bits per heavy atom. The number of ether oxygens (including phenoxy) is 3. The van der Waals surface area contributed by atoms with E-state index in [9.17, 15) is 19.8 Å². The Balaban J connectivity index is 1.98. The number of hydrogen-bond acceptors (Lipinski definition) is 8. The van der Waals surface area contributed by atoms with E-state index in [-0.39, 0.29) is 24.3 Å². The normalized spacial score (nSPS) is 17.8. The van der Waals surface area contributed by atoms with Crippen LogP contribution in [0.15, 0.2) is 47.1 Å². The van der Waals surface area contributed by atoms with Gasteiger partial charge in [-0.2, -0.15) is 0 Å². The summed E-state index contributed by atoms with van der Waals surface area (Å²) in [5.74, 6) is 1.20. The summed E-state index contributed by atoms with van der Waals surface area (Å²) in [6.07, 6.45) is 11.5. The second-order valence-electron chi connectivity index (χ2n) is 11.8. The maximum absolute atomic E-state index is 13.3. The molecule has 0 fully saturated rings. The molecule has 0 radical (unpaired) electrons.